The molecule has 0 aromatic heterocycles. The molecule has 70 valence electrons. The van der Waals surface area contributed by atoms with Crippen LogP contribution in [0.4, 0.5) is 0 Å². The molecule has 0 spiro atoms. The smallest absolute Gasteiger partial charge is 0.338 e. The van der Waals surface area contributed by atoms with E-state index in [0.29, 0.717) is 0 Å². The molecule has 0 aromatic carbocycles. The van der Waals surface area contributed by atoms with Gasteiger partial charge in [0.15, 0.2) is 12.2 Å². The fourth-order valence-electron chi connectivity index (χ4n) is 1.00. The number of rotatable bonds is 2. The van der Waals surface area contributed by atoms with Gasteiger partial charge >= 0.3 is 5.97 Å². The molecular weight excluding hydrogens is 168 g/mol. The number of carbonyl (C=O) groups is 1. The van der Waals surface area contributed by atoms with Crippen LogP contribution in [0.1, 0.15) is 0 Å². The molecule has 1 heterocycles. The summed E-state index contributed by atoms with van der Waals surface area (Å²) in [7, 11) is 0. The van der Waals surface area contributed by atoms with Crippen molar-refractivity contribution >= 4 is 5.97 Å². The molecule has 0 bridgehead atoms. The van der Waals surface area contributed by atoms with Crippen molar-refractivity contribution < 1.29 is 30.0 Å². The predicted octanol–water partition coefficient (Wildman–Crippen LogP) is -3.01. The molecule has 1 aliphatic rings. The van der Waals surface area contributed by atoms with Crippen molar-refractivity contribution in [2.45, 2.75) is 24.4 Å². The van der Waals surface area contributed by atoms with Crippen molar-refractivity contribution in [2.24, 2.45) is 0 Å². The highest BCUT2D eigenvalue weighted by atomic mass is 16.6. The number of ether oxygens (including phenoxy) is 1. The lowest BCUT2D eigenvalue weighted by Crippen LogP contribution is -2.40. The lowest BCUT2D eigenvalue weighted by atomic mass is 10.1. The average molecular weight is 178 g/mol. The van der Waals surface area contributed by atoms with E-state index in [2.05, 4.69) is 4.74 Å². The highest BCUT2D eigenvalue weighted by Gasteiger charge is 2.45. The Morgan fingerprint density at radius 3 is 2.42 bits per heavy atom. The minimum absolute atomic E-state index is 0.637. The Labute approximate surface area is 68.0 Å². The van der Waals surface area contributed by atoms with Gasteiger partial charge in [0, 0.05) is 0 Å². The number of esters is 1. The van der Waals surface area contributed by atoms with E-state index in [4.69, 9.17) is 20.4 Å². The van der Waals surface area contributed by atoms with Crippen LogP contribution < -0.4 is 0 Å². The molecule has 1 fully saturated rings. The number of cyclic esters (lactones) is 1. The van der Waals surface area contributed by atoms with E-state index in [0.717, 1.165) is 0 Å². The van der Waals surface area contributed by atoms with Crippen LogP contribution in [0.25, 0.3) is 0 Å². The van der Waals surface area contributed by atoms with Crippen LogP contribution in [0.5, 0.6) is 0 Å². The van der Waals surface area contributed by atoms with Gasteiger partial charge in [0.1, 0.15) is 12.2 Å². The maximum atomic E-state index is 10.6. The van der Waals surface area contributed by atoms with Crippen molar-refractivity contribution in [1.82, 2.24) is 0 Å². The first kappa shape index (κ1) is 9.40. The summed E-state index contributed by atoms with van der Waals surface area (Å²) in [5, 5.41) is 35.3. The SMILES string of the molecule is O=C1O[C@H]([C@@H](O)CO)C(O)C1O. The Bertz CT molecular complexity index is 181. The third kappa shape index (κ3) is 1.42. The third-order valence-corrected chi connectivity index (χ3v) is 1.72. The molecule has 1 rings (SSSR count). The highest BCUT2D eigenvalue weighted by Crippen LogP contribution is 2.18. The molecule has 4 N–H and O–H groups in total. The number of hydrogen-bond donors (Lipinski definition) is 4. The molecule has 1 saturated heterocycles. The number of hydrogen-bond acceptors (Lipinski definition) is 6. The fraction of sp³-hybridized carbons (Fsp3) is 0.833. The molecule has 6 heteroatoms. The maximum absolute atomic E-state index is 10.6. The second-order valence-corrected chi connectivity index (χ2v) is 2.59. The van der Waals surface area contributed by atoms with Crippen LogP contribution in [0, 0.1) is 0 Å². The van der Waals surface area contributed by atoms with Gasteiger partial charge in [0.2, 0.25) is 0 Å². The summed E-state index contributed by atoms with van der Waals surface area (Å²) in [5.74, 6) is -0.986. The first-order chi connectivity index (χ1) is 5.57. The lowest BCUT2D eigenvalue weighted by Gasteiger charge is -2.17. The molecule has 12 heavy (non-hydrogen) atoms. The summed E-state index contributed by atoms with van der Waals surface area (Å²) in [6.45, 7) is -0.637. The summed E-state index contributed by atoms with van der Waals surface area (Å²) in [4.78, 5) is 10.6. The van der Waals surface area contributed by atoms with Crippen molar-refractivity contribution in [3.63, 3.8) is 0 Å². The Balaban J connectivity index is 2.64. The fourth-order valence-corrected chi connectivity index (χ4v) is 1.00. The third-order valence-electron chi connectivity index (χ3n) is 1.72. The van der Waals surface area contributed by atoms with Crippen molar-refractivity contribution in [2.75, 3.05) is 6.61 Å². The van der Waals surface area contributed by atoms with Gasteiger partial charge in [-0.25, -0.2) is 4.79 Å². The van der Waals surface area contributed by atoms with Gasteiger partial charge in [-0.05, 0) is 0 Å². The molecule has 6 nitrogen and oxygen atoms in total. The second kappa shape index (κ2) is 3.36. The maximum Gasteiger partial charge on any atom is 0.338 e. The zero-order valence-electron chi connectivity index (χ0n) is 6.12. The molecule has 2 unspecified atom stereocenters. The minimum Gasteiger partial charge on any atom is -0.455 e. The van der Waals surface area contributed by atoms with Crippen LogP contribution in [0.15, 0.2) is 0 Å². The molecule has 1 aliphatic heterocycles. The van der Waals surface area contributed by atoms with Crippen LogP contribution >= 0.6 is 0 Å². The number of aliphatic hydroxyl groups is 4. The van der Waals surface area contributed by atoms with Crippen molar-refractivity contribution in [3.05, 3.63) is 0 Å². The number of carbonyl (C=O) groups excluding carboxylic acids is 1. The predicted molar refractivity (Wildman–Crippen MR) is 35.0 cm³/mol. The van der Waals surface area contributed by atoms with E-state index in [1.165, 1.54) is 0 Å². The Morgan fingerprint density at radius 2 is 2.08 bits per heavy atom. The van der Waals surface area contributed by atoms with Crippen LogP contribution in [0.2, 0.25) is 0 Å². The lowest BCUT2D eigenvalue weighted by molar-refractivity contribution is -0.151. The summed E-state index contributed by atoms with van der Waals surface area (Å²) in [5.41, 5.74) is 0. The zero-order chi connectivity index (χ0) is 9.30. The largest absolute Gasteiger partial charge is 0.455 e. The standard InChI is InChI=1S/C6H10O6/c7-1-2(8)5-3(9)4(10)6(11)12-5/h2-5,7-10H,1H2/t2-,3?,4?,5+/m0/s1. The van der Waals surface area contributed by atoms with Crippen LogP contribution in [0.3, 0.4) is 0 Å². The Hall–Kier alpha value is -0.690. The van der Waals surface area contributed by atoms with E-state index in [9.17, 15) is 4.79 Å². The van der Waals surface area contributed by atoms with E-state index >= 15 is 0 Å². The highest BCUT2D eigenvalue weighted by molar-refractivity contribution is 5.77. The van der Waals surface area contributed by atoms with Crippen molar-refractivity contribution in [1.29, 1.82) is 0 Å². The topological polar surface area (TPSA) is 107 Å². The summed E-state index contributed by atoms with van der Waals surface area (Å²) in [6.07, 6.45) is -5.70. The summed E-state index contributed by atoms with van der Waals surface area (Å²) < 4.78 is 4.39. The minimum atomic E-state index is -1.63. The van der Waals surface area contributed by atoms with Gasteiger partial charge in [0.25, 0.3) is 0 Å². The van der Waals surface area contributed by atoms with Gasteiger partial charge < -0.3 is 25.2 Å². The Morgan fingerprint density at radius 1 is 1.50 bits per heavy atom. The molecule has 0 saturated carbocycles. The second-order valence-electron chi connectivity index (χ2n) is 2.59. The normalized spacial score (nSPS) is 38.0. The van der Waals surface area contributed by atoms with Gasteiger partial charge in [-0.2, -0.15) is 0 Å². The van der Waals surface area contributed by atoms with E-state index < -0.39 is 37.0 Å². The van der Waals surface area contributed by atoms with Gasteiger partial charge in [-0.15, -0.1) is 0 Å². The molecule has 0 aliphatic carbocycles. The molecule has 0 amide bonds. The zero-order valence-corrected chi connectivity index (χ0v) is 6.12. The molecule has 4 atom stereocenters. The first-order valence-electron chi connectivity index (χ1n) is 3.43. The summed E-state index contributed by atoms with van der Waals surface area (Å²) >= 11 is 0. The monoisotopic (exact) mass is 178 g/mol. The molecular formula is C6H10O6. The van der Waals surface area contributed by atoms with Gasteiger partial charge in [-0.1, -0.05) is 0 Å². The van der Waals surface area contributed by atoms with E-state index in [1.807, 2.05) is 0 Å². The van der Waals surface area contributed by atoms with Gasteiger partial charge in [-0.3, -0.25) is 0 Å². The molecule has 0 radical (unpaired) electrons. The average Bonchev–Trinajstić information content (AvgIpc) is 2.32. The van der Waals surface area contributed by atoms with Crippen LogP contribution in [-0.2, 0) is 9.53 Å². The summed E-state index contributed by atoms with van der Waals surface area (Å²) in [6, 6.07) is 0. The Kier molecular flexibility index (Phi) is 2.63. The quantitative estimate of drug-likeness (QED) is 0.335. The van der Waals surface area contributed by atoms with Crippen molar-refractivity contribution in [3.8, 4) is 0 Å². The molecule has 0 aromatic rings. The van der Waals surface area contributed by atoms with Gasteiger partial charge in [0.05, 0.1) is 6.61 Å². The van der Waals surface area contributed by atoms with E-state index in [1.54, 1.807) is 0 Å². The number of aliphatic hydroxyl groups excluding tert-OH is 4. The first-order valence-corrected chi connectivity index (χ1v) is 3.43. The van der Waals surface area contributed by atoms with E-state index in [-0.39, 0.29) is 0 Å². The van der Waals surface area contributed by atoms with Crippen LogP contribution in [-0.4, -0.2) is 57.4 Å².